The molecule has 16 heavy (non-hydrogen) atoms. The number of terminal acetylenes is 1. The first kappa shape index (κ1) is 12.3. The summed E-state index contributed by atoms with van der Waals surface area (Å²) in [6.45, 7) is 2.26. The van der Waals surface area contributed by atoms with Crippen LogP contribution in [0.4, 0.5) is 0 Å². The van der Waals surface area contributed by atoms with E-state index >= 15 is 0 Å². The molecule has 0 fully saturated rings. The molecule has 2 N–H and O–H groups in total. The number of aryl methyl sites for hydroxylation is 1. The molecule has 0 radical (unpaired) electrons. The van der Waals surface area contributed by atoms with Crippen molar-refractivity contribution in [1.82, 2.24) is 4.90 Å². The minimum absolute atomic E-state index is 0.174. The summed E-state index contributed by atoms with van der Waals surface area (Å²) in [7, 11) is 1.68. The van der Waals surface area contributed by atoms with Gasteiger partial charge in [-0.05, 0) is 19.1 Å². The van der Waals surface area contributed by atoms with Gasteiger partial charge in [0.2, 0.25) is 5.91 Å². The van der Waals surface area contributed by atoms with Crippen molar-refractivity contribution in [1.29, 1.82) is 0 Å². The largest absolute Gasteiger partial charge is 0.464 e. The Balaban J connectivity index is 2.55. The van der Waals surface area contributed by atoms with Crippen LogP contribution < -0.4 is 5.73 Å². The molecule has 0 aliphatic rings. The molecular formula is C12H16N2O2. The van der Waals surface area contributed by atoms with Crippen molar-refractivity contribution in [3.8, 4) is 12.3 Å². The number of carbonyl (C=O) groups excluding carboxylic acids is 1. The van der Waals surface area contributed by atoms with Gasteiger partial charge in [-0.15, -0.1) is 12.3 Å². The van der Waals surface area contributed by atoms with E-state index in [1.54, 1.807) is 7.05 Å². The Morgan fingerprint density at radius 1 is 1.69 bits per heavy atom. The highest BCUT2D eigenvalue weighted by atomic mass is 16.3. The molecule has 0 aromatic carbocycles. The van der Waals surface area contributed by atoms with Crippen LogP contribution in [0.3, 0.4) is 0 Å². The SMILES string of the molecule is C#CCC(N)C(=O)N(C)Cc1ccc(C)o1. The molecule has 1 rings (SSSR count). The van der Waals surface area contributed by atoms with Crippen LogP contribution in [0.2, 0.25) is 0 Å². The van der Waals surface area contributed by atoms with Crippen molar-refractivity contribution in [2.45, 2.75) is 25.9 Å². The molecule has 0 aliphatic heterocycles. The van der Waals surface area contributed by atoms with Gasteiger partial charge >= 0.3 is 0 Å². The van der Waals surface area contributed by atoms with Crippen LogP contribution in [0, 0.1) is 19.3 Å². The van der Waals surface area contributed by atoms with E-state index in [9.17, 15) is 4.79 Å². The van der Waals surface area contributed by atoms with E-state index in [-0.39, 0.29) is 12.3 Å². The van der Waals surface area contributed by atoms with E-state index in [1.165, 1.54) is 4.90 Å². The van der Waals surface area contributed by atoms with Crippen LogP contribution in [0.5, 0.6) is 0 Å². The zero-order valence-corrected chi connectivity index (χ0v) is 9.56. The molecule has 1 amide bonds. The summed E-state index contributed by atoms with van der Waals surface area (Å²) in [6, 6.07) is 3.06. The normalized spacial score (nSPS) is 11.9. The summed E-state index contributed by atoms with van der Waals surface area (Å²) in [4.78, 5) is 13.2. The highest BCUT2D eigenvalue weighted by Gasteiger charge is 2.17. The minimum Gasteiger partial charge on any atom is -0.464 e. The maximum Gasteiger partial charge on any atom is 0.240 e. The summed E-state index contributed by atoms with van der Waals surface area (Å²) in [5.74, 6) is 3.76. The van der Waals surface area contributed by atoms with Crippen molar-refractivity contribution in [2.24, 2.45) is 5.73 Å². The molecule has 1 unspecified atom stereocenters. The van der Waals surface area contributed by atoms with Crippen LogP contribution in [-0.2, 0) is 11.3 Å². The lowest BCUT2D eigenvalue weighted by Gasteiger charge is -2.18. The molecule has 1 heterocycles. The number of nitrogens with zero attached hydrogens (tertiary/aromatic N) is 1. The Kier molecular flexibility index (Phi) is 4.15. The molecule has 1 aromatic heterocycles. The molecule has 4 nitrogen and oxygen atoms in total. The third kappa shape index (κ3) is 3.14. The second kappa shape index (κ2) is 5.38. The van der Waals surface area contributed by atoms with Crippen LogP contribution in [0.15, 0.2) is 16.5 Å². The lowest BCUT2D eigenvalue weighted by Crippen LogP contribution is -2.41. The lowest BCUT2D eigenvalue weighted by atomic mass is 10.2. The maximum absolute atomic E-state index is 11.7. The van der Waals surface area contributed by atoms with E-state index in [0.29, 0.717) is 6.54 Å². The van der Waals surface area contributed by atoms with Crippen LogP contribution in [0.25, 0.3) is 0 Å². The van der Waals surface area contributed by atoms with Gasteiger partial charge in [-0.3, -0.25) is 4.79 Å². The zero-order valence-electron chi connectivity index (χ0n) is 9.56. The van der Waals surface area contributed by atoms with Gasteiger partial charge in [-0.2, -0.15) is 0 Å². The minimum atomic E-state index is -0.633. The molecule has 0 saturated heterocycles. The van der Waals surface area contributed by atoms with Gasteiger partial charge in [0.15, 0.2) is 0 Å². The Bertz CT molecular complexity index is 403. The standard InChI is InChI=1S/C12H16N2O2/c1-4-5-11(13)12(15)14(3)8-10-7-6-9(2)16-10/h1,6-7,11H,5,8,13H2,2-3H3. The number of likely N-dealkylation sites (N-methyl/N-ethyl adjacent to an activating group) is 1. The molecule has 1 atom stereocenters. The van der Waals surface area contributed by atoms with Crippen LogP contribution >= 0.6 is 0 Å². The molecule has 4 heteroatoms. The van der Waals surface area contributed by atoms with E-state index in [1.807, 2.05) is 19.1 Å². The molecular weight excluding hydrogens is 204 g/mol. The summed E-state index contributed by atoms with van der Waals surface area (Å²) < 4.78 is 5.37. The quantitative estimate of drug-likeness (QED) is 0.767. The first-order chi connectivity index (χ1) is 7.54. The Hall–Kier alpha value is -1.73. The maximum atomic E-state index is 11.7. The monoisotopic (exact) mass is 220 g/mol. The van der Waals surface area contributed by atoms with Crippen LogP contribution in [-0.4, -0.2) is 23.9 Å². The molecule has 0 aliphatic carbocycles. The van der Waals surface area contributed by atoms with Gasteiger partial charge in [0.05, 0.1) is 12.6 Å². The number of furan rings is 1. The van der Waals surface area contributed by atoms with Crippen LogP contribution in [0.1, 0.15) is 17.9 Å². The Morgan fingerprint density at radius 2 is 2.38 bits per heavy atom. The van der Waals surface area contributed by atoms with Crippen molar-refractivity contribution in [3.63, 3.8) is 0 Å². The fraction of sp³-hybridized carbons (Fsp3) is 0.417. The van der Waals surface area contributed by atoms with E-state index < -0.39 is 6.04 Å². The van der Waals surface area contributed by atoms with Crippen molar-refractivity contribution in [2.75, 3.05) is 7.05 Å². The predicted octanol–water partition coefficient (Wildman–Crippen LogP) is 0.897. The van der Waals surface area contributed by atoms with Crippen molar-refractivity contribution in [3.05, 3.63) is 23.7 Å². The topological polar surface area (TPSA) is 59.5 Å². The van der Waals surface area contributed by atoms with Crippen molar-refractivity contribution < 1.29 is 9.21 Å². The van der Waals surface area contributed by atoms with Gasteiger partial charge in [0.1, 0.15) is 11.5 Å². The fourth-order valence-corrected chi connectivity index (χ4v) is 1.38. The first-order valence-corrected chi connectivity index (χ1v) is 5.04. The van der Waals surface area contributed by atoms with E-state index in [2.05, 4.69) is 5.92 Å². The number of amides is 1. The first-order valence-electron chi connectivity index (χ1n) is 5.04. The van der Waals surface area contributed by atoms with E-state index in [0.717, 1.165) is 11.5 Å². The smallest absolute Gasteiger partial charge is 0.240 e. The highest BCUT2D eigenvalue weighted by Crippen LogP contribution is 2.09. The summed E-state index contributed by atoms with van der Waals surface area (Å²) in [5.41, 5.74) is 5.62. The second-order valence-corrected chi connectivity index (χ2v) is 3.72. The number of carbonyl (C=O) groups is 1. The number of nitrogens with two attached hydrogens (primary N) is 1. The van der Waals surface area contributed by atoms with Gasteiger partial charge < -0.3 is 15.1 Å². The average molecular weight is 220 g/mol. The van der Waals surface area contributed by atoms with E-state index in [4.69, 9.17) is 16.6 Å². The van der Waals surface area contributed by atoms with Gasteiger partial charge in [0, 0.05) is 13.5 Å². The van der Waals surface area contributed by atoms with Gasteiger partial charge in [-0.1, -0.05) is 0 Å². The summed E-state index contributed by atoms with van der Waals surface area (Å²) >= 11 is 0. The zero-order chi connectivity index (χ0) is 12.1. The molecule has 0 bridgehead atoms. The number of hydrogen-bond donors (Lipinski definition) is 1. The molecule has 0 spiro atoms. The average Bonchev–Trinajstić information content (AvgIpc) is 2.63. The lowest BCUT2D eigenvalue weighted by molar-refractivity contribution is -0.131. The number of rotatable bonds is 4. The summed E-state index contributed by atoms with van der Waals surface area (Å²) in [5, 5.41) is 0. The summed E-state index contributed by atoms with van der Waals surface area (Å²) in [6.07, 6.45) is 5.35. The third-order valence-electron chi connectivity index (χ3n) is 2.22. The number of hydrogen-bond acceptors (Lipinski definition) is 3. The second-order valence-electron chi connectivity index (χ2n) is 3.72. The Morgan fingerprint density at radius 3 is 2.88 bits per heavy atom. The molecule has 1 aromatic rings. The third-order valence-corrected chi connectivity index (χ3v) is 2.22. The van der Waals surface area contributed by atoms with Gasteiger partial charge in [0.25, 0.3) is 0 Å². The highest BCUT2D eigenvalue weighted by molar-refractivity contribution is 5.81. The van der Waals surface area contributed by atoms with Gasteiger partial charge in [-0.25, -0.2) is 0 Å². The Labute approximate surface area is 95.4 Å². The predicted molar refractivity (Wildman–Crippen MR) is 61.3 cm³/mol. The molecule has 86 valence electrons. The fourth-order valence-electron chi connectivity index (χ4n) is 1.38. The van der Waals surface area contributed by atoms with Crippen molar-refractivity contribution >= 4 is 5.91 Å². The molecule has 0 saturated carbocycles.